The van der Waals surface area contributed by atoms with E-state index in [1.54, 1.807) is 0 Å². The van der Waals surface area contributed by atoms with E-state index in [0.717, 1.165) is 11.3 Å². The van der Waals surface area contributed by atoms with E-state index in [1.807, 2.05) is 0 Å². The van der Waals surface area contributed by atoms with Crippen LogP contribution in [-0.2, 0) is 16.1 Å². The highest BCUT2D eigenvalue weighted by molar-refractivity contribution is 7.22. The van der Waals surface area contributed by atoms with Crippen LogP contribution >= 0.6 is 22.9 Å². The molecule has 0 saturated carbocycles. The highest BCUT2D eigenvalue weighted by Gasteiger charge is 2.21. The van der Waals surface area contributed by atoms with Crippen LogP contribution in [0.15, 0.2) is 36.6 Å². The molecule has 0 bridgehead atoms. The topological polar surface area (TPSA) is 152 Å². The van der Waals surface area contributed by atoms with Crippen LogP contribution in [-0.4, -0.2) is 61.1 Å². The number of likely N-dealkylation sites (tertiary alicyclic amines) is 1. The lowest BCUT2D eigenvalue weighted by atomic mass is 10.0. The zero-order valence-electron chi connectivity index (χ0n) is 29.1. The Morgan fingerprint density at radius 1 is 1.49 bits per heavy atom. The quantitative estimate of drug-likeness (QED) is 0.403. The van der Waals surface area contributed by atoms with Crippen LogP contribution in [0.5, 0.6) is 0 Å². The van der Waals surface area contributed by atoms with E-state index in [0.29, 0.717) is 12.2 Å². The predicted octanol–water partition coefficient (Wildman–Crippen LogP) is 3.54. The fourth-order valence-corrected chi connectivity index (χ4v) is 3.30. The first-order valence-electron chi connectivity index (χ1n) is 15.1. The van der Waals surface area contributed by atoms with Gasteiger partial charge in [0.25, 0.3) is 0 Å². The number of thiazole rings is 1. The Bertz CT molecular complexity index is 1830. The van der Waals surface area contributed by atoms with Crippen molar-refractivity contribution in [2.24, 2.45) is 0 Å². The Balaban J connectivity index is 0.000000665. The van der Waals surface area contributed by atoms with Crippen LogP contribution in [0.25, 0.3) is 10.3 Å². The zero-order chi connectivity index (χ0) is 36.0. The number of aliphatic carboxylic acids is 2. The normalized spacial score (nSPS) is 26.2. The molecule has 10 nitrogen and oxygen atoms in total. The molecule has 0 amide bonds. The van der Waals surface area contributed by atoms with Gasteiger partial charge in [0.15, 0.2) is 11.5 Å². The summed E-state index contributed by atoms with van der Waals surface area (Å²) in [5.74, 6) is -4.48. The molecule has 35 heavy (non-hydrogen) atoms. The Morgan fingerprint density at radius 2 is 2.23 bits per heavy atom. The van der Waals surface area contributed by atoms with Crippen molar-refractivity contribution < 1.29 is 40.7 Å². The van der Waals surface area contributed by atoms with Crippen molar-refractivity contribution in [2.45, 2.75) is 25.3 Å². The number of aromatic nitrogens is 3. The van der Waals surface area contributed by atoms with Gasteiger partial charge in [-0.3, -0.25) is 4.90 Å². The van der Waals surface area contributed by atoms with Gasteiger partial charge in [0.1, 0.15) is 30.1 Å². The summed E-state index contributed by atoms with van der Waals surface area (Å²) >= 11 is 6.70. The minimum atomic E-state index is -3.43. The van der Waals surface area contributed by atoms with E-state index in [1.165, 1.54) is 6.07 Å². The minimum Gasteiger partial charge on any atom is -0.478 e. The summed E-state index contributed by atoms with van der Waals surface area (Å²) in [5.41, 5.74) is -2.16. The highest BCUT2D eigenvalue weighted by Crippen LogP contribution is 2.30. The van der Waals surface area contributed by atoms with Crippen molar-refractivity contribution in [3.05, 3.63) is 58.0 Å². The maximum atomic E-state index is 14.3. The van der Waals surface area contributed by atoms with E-state index < -0.39 is 97.5 Å². The van der Waals surface area contributed by atoms with Gasteiger partial charge in [0.2, 0.25) is 0 Å². The number of rotatable bonds is 6. The van der Waals surface area contributed by atoms with Crippen molar-refractivity contribution in [1.82, 2.24) is 19.9 Å². The molecule has 1 unspecified atom stereocenters. The third kappa shape index (κ3) is 7.68. The first-order valence-corrected chi connectivity index (χ1v) is 10.4. The number of carbonyl (C=O) groups is 2. The monoisotopic (exact) mass is 530 g/mol. The van der Waals surface area contributed by atoms with Crippen LogP contribution in [0.1, 0.15) is 39.0 Å². The number of carboxylic acid groups (broad SMARTS) is 2. The van der Waals surface area contributed by atoms with Crippen molar-refractivity contribution in [3.8, 4) is 6.07 Å². The summed E-state index contributed by atoms with van der Waals surface area (Å²) in [6.45, 7) is -7.44. The molecule has 4 rings (SSSR count). The summed E-state index contributed by atoms with van der Waals surface area (Å²) < 4.78 is 115. The van der Waals surface area contributed by atoms with Crippen LogP contribution < -0.4 is 5.31 Å². The van der Waals surface area contributed by atoms with Crippen LogP contribution in [0.3, 0.4) is 0 Å². The van der Waals surface area contributed by atoms with Crippen molar-refractivity contribution in [3.63, 3.8) is 0 Å². The van der Waals surface area contributed by atoms with Crippen LogP contribution in [0.4, 0.5) is 10.2 Å². The van der Waals surface area contributed by atoms with Gasteiger partial charge in [-0.05, 0) is 30.4 Å². The molecular weight excluding hydrogens is 499 g/mol. The SMILES string of the molecule is O=C(O)/C=C\C(=O)O.[2H]c1nc(N([2H])C2([2H])CCN(C([2H])([2H])c3c([2H])c([2H])c(F)c(C#N)c3[2H])C([2H])([2H])C2([2H])[2H])c2sc(Cl)nc2n1. The summed E-state index contributed by atoms with van der Waals surface area (Å²) in [6.07, 6.45) is -3.66. The number of hydrogen-bond donors (Lipinski definition) is 3. The Kier molecular flexibility index (Phi) is 4.88. The molecule has 0 radical (unpaired) electrons. The number of nitrogens with one attached hydrogen (secondary N) is 1. The number of carboxylic acids is 2. The number of halogens is 2. The molecule has 3 N–H and O–H groups in total. The van der Waals surface area contributed by atoms with E-state index in [4.69, 9.17) is 38.3 Å². The molecule has 1 aliphatic heterocycles. The lowest BCUT2D eigenvalue weighted by molar-refractivity contribution is -0.134. The summed E-state index contributed by atoms with van der Waals surface area (Å²) in [5, 5.41) is 25.1. The van der Waals surface area contributed by atoms with Gasteiger partial charge in [-0.15, -0.1) is 0 Å². The molecule has 1 fully saturated rings. The fraction of sp³-hybridized carbons (Fsp3) is 0.273. The van der Waals surface area contributed by atoms with Gasteiger partial charge in [-0.2, -0.15) is 5.26 Å². The average Bonchev–Trinajstić information content (AvgIpc) is 3.33. The van der Waals surface area contributed by atoms with Gasteiger partial charge in [-0.25, -0.2) is 28.9 Å². The zero-order valence-corrected chi connectivity index (χ0v) is 18.7. The second-order valence-electron chi connectivity index (χ2n) is 6.14. The first kappa shape index (κ1) is 14.0. The molecule has 3 aromatic rings. The molecular formula is C22H20ClFN6O4S. The van der Waals surface area contributed by atoms with Crippen molar-refractivity contribution in [1.29, 1.82) is 5.26 Å². The average molecular weight is 531 g/mol. The summed E-state index contributed by atoms with van der Waals surface area (Å²) in [6, 6.07) is -4.89. The van der Waals surface area contributed by atoms with E-state index in [9.17, 15) is 19.2 Å². The van der Waals surface area contributed by atoms with E-state index >= 15 is 0 Å². The van der Waals surface area contributed by atoms with Gasteiger partial charge >= 0.3 is 11.9 Å². The number of hydrogen-bond acceptors (Lipinski definition) is 9. The van der Waals surface area contributed by atoms with E-state index in [2.05, 4.69) is 15.0 Å². The maximum Gasteiger partial charge on any atom is 0.328 e. The van der Waals surface area contributed by atoms with Gasteiger partial charge in [0.05, 0.1) is 11.0 Å². The van der Waals surface area contributed by atoms with Crippen molar-refractivity contribution in [2.75, 3.05) is 18.4 Å². The third-order valence-corrected chi connectivity index (χ3v) is 4.89. The first-order chi connectivity index (χ1) is 21.5. The molecule has 2 aromatic heterocycles. The van der Waals surface area contributed by atoms with Crippen molar-refractivity contribution >= 4 is 51.0 Å². The number of benzene rings is 1. The number of anilines is 1. The number of nitrogens with zero attached hydrogens (tertiary/aromatic N) is 5. The molecule has 0 aliphatic carbocycles. The van der Waals surface area contributed by atoms with Crippen LogP contribution in [0, 0.1) is 17.1 Å². The lowest BCUT2D eigenvalue weighted by Gasteiger charge is -2.32. The Labute approximate surface area is 225 Å². The highest BCUT2D eigenvalue weighted by atomic mass is 35.5. The number of piperidine rings is 1. The molecule has 13 heteroatoms. The van der Waals surface area contributed by atoms with Crippen LogP contribution in [0.2, 0.25) is 5.88 Å². The van der Waals surface area contributed by atoms with Gasteiger partial charge < -0.3 is 15.5 Å². The smallest absolute Gasteiger partial charge is 0.328 e. The summed E-state index contributed by atoms with van der Waals surface area (Å²) in [7, 11) is 0. The number of nitriles is 1. The number of fused-ring (bicyclic) bond motifs is 1. The van der Waals surface area contributed by atoms with Gasteiger partial charge in [-0.1, -0.05) is 29.0 Å². The summed E-state index contributed by atoms with van der Waals surface area (Å²) in [4.78, 5) is 30.8. The Hall–Kier alpha value is -3.66. The predicted molar refractivity (Wildman–Crippen MR) is 128 cm³/mol. The minimum absolute atomic E-state index is 0.0303. The molecule has 1 atom stereocenters. The lowest BCUT2D eigenvalue weighted by Crippen LogP contribution is -2.38. The molecule has 1 saturated heterocycles. The largest absolute Gasteiger partial charge is 0.478 e. The third-order valence-electron chi connectivity index (χ3n) is 3.74. The Morgan fingerprint density at radius 3 is 2.91 bits per heavy atom. The molecule has 3 heterocycles. The van der Waals surface area contributed by atoms with Gasteiger partial charge in [0, 0.05) is 45.9 Å². The van der Waals surface area contributed by atoms with E-state index in [-0.39, 0.29) is 25.0 Å². The fourth-order valence-electron chi connectivity index (χ4n) is 2.32. The molecule has 182 valence electrons. The maximum absolute atomic E-state index is 14.3. The molecule has 1 aromatic carbocycles. The molecule has 0 spiro atoms. The second-order valence-corrected chi connectivity index (χ2v) is 7.72. The molecule has 1 aliphatic rings. The second kappa shape index (κ2) is 12.2. The standard InChI is InChI=1S/C18H16ClFN6S.C4H4O4/c19-18-25-17-15(27-18)16(22-10-23-17)24-13-3-5-26(6-4-13)9-11-1-2-14(20)12(7-11)8-21;5-3(6)1-2-4(7)8/h1-2,7,10,13H,3-6,9H2,(H,22,23,24);1-2H,(H,5,6)(H,7,8)/b;2-1-/i1D,2D,3D2,5D2,7D,9D2,10D,13D;/hD.